The predicted octanol–water partition coefficient (Wildman–Crippen LogP) is 1.75. The Kier molecular flexibility index (Phi) is 2.51. The molecule has 16 heavy (non-hydrogen) atoms. The monoisotopic (exact) mass is 240 g/mol. The second-order valence-electron chi connectivity index (χ2n) is 3.30. The van der Waals surface area contributed by atoms with Gasteiger partial charge in [-0.05, 0) is 0 Å². The minimum Gasteiger partial charge on any atom is -0.254 e. The average Bonchev–Trinajstić information content (AvgIpc) is 2.61. The van der Waals surface area contributed by atoms with Crippen molar-refractivity contribution in [3.8, 4) is 11.3 Å². The summed E-state index contributed by atoms with van der Waals surface area (Å²) in [5.74, 6) is 0. The van der Waals surface area contributed by atoms with E-state index in [9.17, 15) is 12.3 Å². The molecule has 0 atom stereocenters. The maximum atomic E-state index is 12.8. The molecule has 1 aromatic heterocycles. The maximum Gasteiger partial charge on any atom is 0.349 e. The molecule has 2 rings (SSSR count). The fourth-order valence-electron chi connectivity index (χ4n) is 1.43. The van der Waals surface area contributed by atoms with E-state index in [0.29, 0.717) is 5.69 Å². The molecule has 0 spiro atoms. The number of aromatic nitrogens is 2. The van der Waals surface area contributed by atoms with Crippen LogP contribution in [0.5, 0.6) is 0 Å². The molecule has 0 aliphatic carbocycles. The van der Waals surface area contributed by atoms with Gasteiger partial charge in [-0.2, -0.15) is 13.5 Å². The van der Waals surface area contributed by atoms with E-state index in [1.807, 2.05) is 6.07 Å². The van der Waals surface area contributed by atoms with Crippen molar-refractivity contribution in [1.29, 1.82) is 0 Å². The molecule has 4 nitrogen and oxygen atoms in total. The molecule has 0 aliphatic heterocycles. The first-order chi connectivity index (χ1) is 7.48. The molecule has 0 amide bonds. The van der Waals surface area contributed by atoms with Crippen LogP contribution in [0.1, 0.15) is 0 Å². The Labute approximate surface area is 92.5 Å². The lowest BCUT2D eigenvalue weighted by Crippen LogP contribution is -2.01. The fraction of sp³-hybridized carbons (Fsp3) is 0.100. The first-order valence-corrected chi connectivity index (χ1v) is 5.91. The molecule has 0 saturated carbocycles. The molecule has 0 unspecified atom stereocenters. The molecule has 6 heteroatoms. The van der Waals surface area contributed by atoms with Crippen LogP contribution in [0.25, 0.3) is 11.3 Å². The fourth-order valence-corrected chi connectivity index (χ4v) is 2.04. The molecule has 0 N–H and O–H groups in total. The lowest BCUT2D eigenvalue weighted by Gasteiger charge is -1.93. The van der Waals surface area contributed by atoms with Crippen LogP contribution in [0.2, 0.25) is 0 Å². The van der Waals surface area contributed by atoms with Crippen LogP contribution in [0.15, 0.2) is 41.4 Å². The number of halogens is 1. The van der Waals surface area contributed by atoms with Gasteiger partial charge in [0.25, 0.3) is 0 Å². The summed E-state index contributed by atoms with van der Waals surface area (Å²) in [5, 5.41) is 3.51. The maximum absolute atomic E-state index is 12.8. The molecular formula is C10H9FN2O2S. The zero-order valence-corrected chi connectivity index (χ0v) is 9.28. The molecule has 84 valence electrons. The summed E-state index contributed by atoms with van der Waals surface area (Å²) in [5.41, 5.74) is 1.17. The van der Waals surface area contributed by atoms with E-state index in [2.05, 4.69) is 5.10 Å². The number of hydrogen-bond acceptors (Lipinski definition) is 3. The van der Waals surface area contributed by atoms with Gasteiger partial charge in [-0.1, -0.05) is 34.2 Å². The van der Waals surface area contributed by atoms with Gasteiger partial charge in [-0.25, -0.2) is 0 Å². The van der Waals surface area contributed by atoms with Crippen LogP contribution in [0.3, 0.4) is 0 Å². The predicted molar refractivity (Wildman–Crippen MR) is 56.9 cm³/mol. The minimum atomic E-state index is -4.72. The summed E-state index contributed by atoms with van der Waals surface area (Å²) in [6.07, 6.45) is 0. The second-order valence-corrected chi connectivity index (χ2v) is 4.59. The van der Waals surface area contributed by atoms with Crippen molar-refractivity contribution in [1.82, 2.24) is 9.78 Å². The zero-order valence-electron chi connectivity index (χ0n) is 8.46. The Morgan fingerprint density at radius 3 is 2.38 bits per heavy atom. The number of hydrogen-bond donors (Lipinski definition) is 0. The van der Waals surface area contributed by atoms with E-state index in [1.54, 1.807) is 24.3 Å². The highest BCUT2D eigenvalue weighted by Gasteiger charge is 2.19. The van der Waals surface area contributed by atoms with Crippen LogP contribution in [-0.2, 0) is 17.3 Å². The molecule has 0 fully saturated rings. The Hall–Kier alpha value is -1.69. The number of rotatable bonds is 2. The minimum absolute atomic E-state index is 0.430. The van der Waals surface area contributed by atoms with E-state index in [-0.39, 0.29) is 0 Å². The summed E-state index contributed by atoms with van der Waals surface area (Å²) in [6, 6.07) is 10.2. The summed E-state index contributed by atoms with van der Waals surface area (Å²) in [6.45, 7) is 0. The molecule has 1 heterocycles. The van der Waals surface area contributed by atoms with E-state index in [0.717, 1.165) is 10.2 Å². The van der Waals surface area contributed by atoms with Gasteiger partial charge in [-0.3, -0.25) is 4.68 Å². The zero-order chi connectivity index (χ0) is 11.8. The first kappa shape index (κ1) is 10.8. The van der Waals surface area contributed by atoms with Crippen LogP contribution < -0.4 is 0 Å². The third-order valence-corrected chi connectivity index (χ3v) is 3.04. The largest absolute Gasteiger partial charge is 0.349 e. The van der Waals surface area contributed by atoms with Crippen molar-refractivity contribution in [2.24, 2.45) is 7.05 Å². The molecule has 2 aromatic rings. The van der Waals surface area contributed by atoms with Crippen LogP contribution >= 0.6 is 0 Å². The Balaban J connectivity index is 2.55. The van der Waals surface area contributed by atoms with E-state index < -0.39 is 15.2 Å². The highest BCUT2D eigenvalue weighted by molar-refractivity contribution is 7.86. The molecular weight excluding hydrogens is 231 g/mol. The van der Waals surface area contributed by atoms with Crippen LogP contribution in [0.4, 0.5) is 3.89 Å². The third kappa shape index (κ3) is 1.96. The standard InChI is InChI=1S/C10H9FN2O2S/c1-13-10(16(11,14)15)7-9(12-13)8-5-3-2-4-6-8/h2-7H,1H3. The van der Waals surface area contributed by atoms with E-state index >= 15 is 0 Å². The van der Waals surface area contributed by atoms with Gasteiger partial charge in [0.05, 0.1) is 5.69 Å². The van der Waals surface area contributed by atoms with Crippen LogP contribution in [0, 0.1) is 0 Å². The SMILES string of the molecule is Cn1nc(-c2ccccc2)cc1S(=O)(=O)F. The number of benzene rings is 1. The summed E-state index contributed by atoms with van der Waals surface area (Å²) >= 11 is 0. The van der Waals surface area contributed by atoms with Gasteiger partial charge in [0, 0.05) is 18.7 Å². The molecule has 0 bridgehead atoms. The molecule has 0 saturated heterocycles. The Bertz CT molecular complexity index is 605. The number of aryl methyl sites for hydroxylation is 1. The van der Waals surface area contributed by atoms with Gasteiger partial charge in [0.2, 0.25) is 0 Å². The quantitative estimate of drug-likeness (QED) is 0.751. The van der Waals surface area contributed by atoms with Gasteiger partial charge in [-0.15, -0.1) is 0 Å². The van der Waals surface area contributed by atoms with Crippen molar-refractivity contribution >= 4 is 10.2 Å². The summed E-state index contributed by atoms with van der Waals surface area (Å²) in [4.78, 5) is 0. The van der Waals surface area contributed by atoms with Gasteiger partial charge < -0.3 is 0 Å². The van der Waals surface area contributed by atoms with Gasteiger partial charge in [0.1, 0.15) is 0 Å². The normalized spacial score (nSPS) is 11.6. The lowest BCUT2D eigenvalue weighted by atomic mass is 10.2. The highest BCUT2D eigenvalue weighted by Crippen LogP contribution is 2.21. The molecule has 1 aromatic carbocycles. The van der Waals surface area contributed by atoms with Gasteiger partial charge in [0.15, 0.2) is 5.03 Å². The topological polar surface area (TPSA) is 52.0 Å². The third-order valence-electron chi connectivity index (χ3n) is 2.16. The molecule has 0 radical (unpaired) electrons. The van der Waals surface area contributed by atoms with Gasteiger partial charge >= 0.3 is 10.2 Å². The second kappa shape index (κ2) is 3.71. The highest BCUT2D eigenvalue weighted by atomic mass is 32.3. The van der Waals surface area contributed by atoms with E-state index in [1.165, 1.54) is 13.1 Å². The van der Waals surface area contributed by atoms with Crippen molar-refractivity contribution in [2.75, 3.05) is 0 Å². The number of nitrogens with zero attached hydrogens (tertiary/aromatic N) is 2. The van der Waals surface area contributed by atoms with Crippen LogP contribution in [-0.4, -0.2) is 18.2 Å². The molecule has 0 aliphatic rings. The smallest absolute Gasteiger partial charge is 0.254 e. The Morgan fingerprint density at radius 2 is 1.88 bits per heavy atom. The van der Waals surface area contributed by atoms with E-state index in [4.69, 9.17) is 0 Å². The van der Waals surface area contributed by atoms with Crippen molar-refractivity contribution < 1.29 is 12.3 Å². The summed E-state index contributed by atoms with van der Waals surface area (Å²) < 4.78 is 35.4. The lowest BCUT2D eigenvalue weighted by molar-refractivity contribution is 0.534. The van der Waals surface area contributed by atoms with Crippen molar-refractivity contribution in [3.05, 3.63) is 36.4 Å². The first-order valence-electron chi connectivity index (χ1n) is 4.52. The Morgan fingerprint density at radius 1 is 1.25 bits per heavy atom. The average molecular weight is 240 g/mol. The van der Waals surface area contributed by atoms with Crippen molar-refractivity contribution in [2.45, 2.75) is 5.03 Å². The summed E-state index contributed by atoms with van der Waals surface area (Å²) in [7, 11) is -3.33. The van der Waals surface area contributed by atoms with Crippen molar-refractivity contribution in [3.63, 3.8) is 0 Å².